The molecule has 4 nitrogen and oxygen atoms in total. The van der Waals surface area contributed by atoms with E-state index in [0.29, 0.717) is 18.9 Å². The molecule has 0 aromatic heterocycles. The Balaban J connectivity index is 3.90. The fraction of sp³-hybridized carbons (Fsp3) is 0.923. The van der Waals surface area contributed by atoms with Crippen molar-refractivity contribution >= 4 is 6.03 Å². The number of amides is 2. The van der Waals surface area contributed by atoms with Crippen LogP contribution in [0.3, 0.4) is 0 Å². The maximum Gasteiger partial charge on any atom is 0.317 e. The highest BCUT2D eigenvalue weighted by Crippen LogP contribution is 2.09. The van der Waals surface area contributed by atoms with Gasteiger partial charge in [-0.05, 0) is 32.6 Å². The minimum Gasteiger partial charge on any atom is -0.393 e. The fourth-order valence-corrected chi connectivity index (χ4v) is 1.63. The van der Waals surface area contributed by atoms with E-state index in [0.717, 1.165) is 12.8 Å². The Bertz CT molecular complexity index is 219. The molecule has 0 radical (unpaired) electrons. The lowest BCUT2D eigenvalue weighted by atomic mass is 10.0. The van der Waals surface area contributed by atoms with Crippen LogP contribution in [0.25, 0.3) is 0 Å². The lowest BCUT2D eigenvalue weighted by Crippen LogP contribution is -2.43. The van der Waals surface area contributed by atoms with E-state index >= 15 is 0 Å². The Labute approximate surface area is 105 Å². The zero-order valence-corrected chi connectivity index (χ0v) is 11.9. The summed E-state index contributed by atoms with van der Waals surface area (Å²) in [6.45, 7) is 8.71. The number of aliphatic hydroxyl groups is 1. The molecule has 0 saturated heterocycles. The van der Waals surface area contributed by atoms with Gasteiger partial charge in [-0.25, -0.2) is 4.79 Å². The van der Waals surface area contributed by atoms with Gasteiger partial charge in [0.2, 0.25) is 0 Å². The molecule has 0 aliphatic rings. The minimum atomic E-state index is -0.359. The summed E-state index contributed by atoms with van der Waals surface area (Å²) < 4.78 is 0. The average Bonchev–Trinajstić information content (AvgIpc) is 2.25. The lowest BCUT2D eigenvalue weighted by molar-refractivity contribution is 0.162. The van der Waals surface area contributed by atoms with E-state index in [1.807, 2.05) is 6.92 Å². The van der Waals surface area contributed by atoms with Crippen LogP contribution < -0.4 is 5.32 Å². The molecule has 102 valence electrons. The van der Waals surface area contributed by atoms with E-state index in [-0.39, 0.29) is 18.2 Å². The Morgan fingerprint density at radius 3 is 2.41 bits per heavy atom. The van der Waals surface area contributed by atoms with Gasteiger partial charge in [-0.15, -0.1) is 0 Å². The predicted octanol–water partition coefficient (Wildman–Crippen LogP) is 2.22. The van der Waals surface area contributed by atoms with Crippen LogP contribution in [0.5, 0.6) is 0 Å². The van der Waals surface area contributed by atoms with Crippen LogP contribution in [-0.2, 0) is 0 Å². The number of rotatable bonds is 7. The Morgan fingerprint density at radius 2 is 1.94 bits per heavy atom. The highest BCUT2D eigenvalue weighted by atomic mass is 16.3. The molecular formula is C13H28N2O2. The lowest BCUT2D eigenvalue weighted by Gasteiger charge is -2.23. The zero-order valence-electron chi connectivity index (χ0n) is 11.9. The number of aliphatic hydroxyl groups excluding tert-OH is 1. The maximum atomic E-state index is 11.8. The summed E-state index contributed by atoms with van der Waals surface area (Å²) in [5.41, 5.74) is 0. The standard InChI is InChI=1S/C13H28N2O2/c1-6-10(2)9-11(3)14-13(17)15(5)8-7-12(4)16/h10-12,16H,6-9H2,1-5H3,(H,14,17). The van der Waals surface area contributed by atoms with Crippen molar-refractivity contribution in [1.82, 2.24) is 10.2 Å². The van der Waals surface area contributed by atoms with Crippen molar-refractivity contribution < 1.29 is 9.90 Å². The molecule has 2 amide bonds. The summed E-state index contributed by atoms with van der Waals surface area (Å²) in [4.78, 5) is 13.4. The SMILES string of the molecule is CCC(C)CC(C)NC(=O)N(C)CCC(C)O. The molecule has 0 aromatic rings. The zero-order chi connectivity index (χ0) is 13.4. The van der Waals surface area contributed by atoms with E-state index in [2.05, 4.69) is 19.2 Å². The minimum absolute atomic E-state index is 0.0542. The van der Waals surface area contributed by atoms with E-state index in [9.17, 15) is 4.79 Å². The van der Waals surface area contributed by atoms with Gasteiger partial charge in [-0.2, -0.15) is 0 Å². The first-order valence-electron chi connectivity index (χ1n) is 6.56. The third-order valence-electron chi connectivity index (χ3n) is 3.05. The number of hydrogen-bond donors (Lipinski definition) is 2. The predicted molar refractivity (Wildman–Crippen MR) is 71.0 cm³/mol. The molecule has 0 aromatic carbocycles. The van der Waals surface area contributed by atoms with Crippen LogP contribution in [0, 0.1) is 5.92 Å². The topological polar surface area (TPSA) is 52.6 Å². The van der Waals surface area contributed by atoms with Gasteiger partial charge < -0.3 is 15.3 Å². The van der Waals surface area contributed by atoms with Crippen LogP contribution in [0.15, 0.2) is 0 Å². The van der Waals surface area contributed by atoms with Crippen LogP contribution in [0.4, 0.5) is 4.79 Å². The van der Waals surface area contributed by atoms with Crippen molar-refractivity contribution in [2.45, 2.75) is 59.1 Å². The molecule has 3 unspecified atom stereocenters. The summed E-state index contributed by atoms with van der Waals surface area (Å²) in [6, 6.07) is 0.146. The molecule has 0 fully saturated rings. The Morgan fingerprint density at radius 1 is 1.35 bits per heavy atom. The maximum absolute atomic E-state index is 11.8. The van der Waals surface area contributed by atoms with Crippen LogP contribution in [0.2, 0.25) is 0 Å². The average molecular weight is 244 g/mol. The van der Waals surface area contributed by atoms with E-state index in [1.165, 1.54) is 0 Å². The Hall–Kier alpha value is -0.770. The normalized spacial score (nSPS) is 16.1. The number of carbonyl (C=O) groups is 1. The Kier molecular flexibility index (Phi) is 7.96. The monoisotopic (exact) mass is 244 g/mol. The van der Waals surface area contributed by atoms with Crippen LogP contribution in [-0.4, -0.2) is 41.8 Å². The van der Waals surface area contributed by atoms with Crippen LogP contribution >= 0.6 is 0 Å². The van der Waals surface area contributed by atoms with Gasteiger partial charge in [0.25, 0.3) is 0 Å². The number of nitrogens with one attached hydrogen (secondary N) is 1. The van der Waals surface area contributed by atoms with E-state index in [1.54, 1.807) is 18.9 Å². The van der Waals surface area contributed by atoms with Gasteiger partial charge in [-0.1, -0.05) is 20.3 Å². The highest BCUT2D eigenvalue weighted by molar-refractivity contribution is 5.74. The van der Waals surface area contributed by atoms with Gasteiger partial charge in [0.15, 0.2) is 0 Å². The van der Waals surface area contributed by atoms with E-state index < -0.39 is 0 Å². The molecule has 17 heavy (non-hydrogen) atoms. The molecular weight excluding hydrogens is 216 g/mol. The second-order valence-corrected chi connectivity index (χ2v) is 5.16. The van der Waals surface area contributed by atoms with Gasteiger partial charge in [0.1, 0.15) is 0 Å². The third kappa shape index (κ3) is 8.02. The molecule has 0 bridgehead atoms. The second kappa shape index (κ2) is 8.34. The van der Waals surface area contributed by atoms with Gasteiger partial charge in [-0.3, -0.25) is 0 Å². The van der Waals surface area contributed by atoms with Crippen molar-refractivity contribution in [2.75, 3.05) is 13.6 Å². The summed E-state index contributed by atoms with van der Waals surface area (Å²) in [5.74, 6) is 0.632. The van der Waals surface area contributed by atoms with E-state index in [4.69, 9.17) is 5.11 Å². The summed E-state index contributed by atoms with van der Waals surface area (Å²) in [7, 11) is 1.76. The fourth-order valence-electron chi connectivity index (χ4n) is 1.63. The molecule has 0 rings (SSSR count). The van der Waals surface area contributed by atoms with Gasteiger partial charge in [0.05, 0.1) is 6.10 Å². The molecule has 0 saturated carbocycles. The molecule has 2 N–H and O–H groups in total. The van der Waals surface area contributed by atoms with Crippen molar-refractivity contribution in [3.8, 4) is 0 Å². The van der Waals surface area contributed by atoms with Crippen molar-refractivity contribution in [2.24, 2.45) is 5.92 Å². The van der Waals surface area contributed by atoms with Crippen molar-refractivity contribution in [3.63, 3.8) is 0 Å². The summed E-state index contributed by atoms with van der Waals surface area (Å²) in [5, 5.41) is 12.1. The second-order valence-electron chi connectivity index (χ2n) is 5.16. The third-order valence-corrected chi connectivity index (χ3v) is 3.05. The van der Waals surface area contributed by atoms with Gasteiger partial charge >= 0.3 is 6.03 Å². The van der Waals surface area contributed by atoms with Crippen LogP contribution in [0.1, 0.15) is 47.0 Å². The number of hydrogen-bond acceptors (Lipinski definition) is 2. The van der Waals surface area contributed by atoms with Gasteiger partial charge in [0, 0.05) is 19.6 Å². The molecule has 3 atom stereocenters. The first-order valence-corrected chi connectivity index (χ1v) is 6.56. The number of nitrogens with zero attached hydrogens (tertiary/aromatic N) is 1. The first-order chi connectivity index (χ1) is 7.86. The highest BCUT2D eigenvalue weighted by Gasteiger charge is 2.13. The molecule has 0 aliphatic heterocycles. The molecule has 0 aliphatic carbocycles. The molecule has 4 heteroatoms. The van der Waals surface area contributed by atoms with Crippen molar-refractivity contribution in [1.29, 1.82) is 0 Å². The number of carbonyl (C=O) groups excluding carboxylic acids is 1. The summed E-state index contributed by atoms with van der Waals surface area (Å²) >= 11 is 0. The summed E-state index contributed by atoms with van der Waals surface area (Å²) in [6.07, 6.45) is 2.40. The first kappa shape index (κ1) is 16.2. The quantitative estimate of drug-likeness (QED) is 0.721. The number of urea groups is 1. The molecule has 0 spiro atoms. The smallest absolute Gasteiger partial charge is 0.317 e. The largest absolute Gasteiger partial charge is 0.393 e. The van der Waals surface area contributed by atoms with Crippen molar-refractivity contribution in [3.05, 3.63) is 0 Å². The molecule has 0 heterocycles.